The van der Waals surface area contributed by atoms with Crippen LogP contribution in [0.3, 0.4) is 0 Å². The predicted octanol–water partition coefficient (Wildman–Crippen LogP) is 1.43. The molecule has 12 heavy (non-hydrogen) atoms. The van der Waals surface area contributed by atoms with Gasteiger partial charge in [0.2, 0.25) is 0 Å². The first-order valence-electron chi connectivity index (χ1n) is 4.38. The number of nitrogens with one attached hydrogen (secondary N) is 2. The van der Waals surface area contributed by atoms with Gasteiger partial charge < -0.3 is 10.6 Å². The Morgan fingerprint density at radius 1 is 1.75 bits per heavy atom. The molecule has 0 radical (unpaired) electrons. The summed E-state index contributed by atoms with van der Waals surface area (Å²) in [5, 5.41) is 6.45. The maximum Gasteiger partial charge on any atom is 0.0811 e. The molecule has 0 aromatic heterocycles. The van der Waals surface area contributed by atoms with Crippen LogP contribution < -0.4 is 10.6 Å². The average Bonchev–Trinajstić information content (AvgIpc) is 2.01. The SMILES string of the molecule is CC(C)CNC1C=CNC(=S)C1. The Hall–Kier alpha value is -0.410. The maximum absolute atomic E-state index is 5.06. The fourth-order valence-electron chi connectivity index (χ4n) is 1.11. The van der Waals surface area contributed by atoms with E-state index in [1.54, 1.807) is 0 Å². The van der Waals surface area contributed by atoms with Crippen molar-refractivity contribution >= 4 is 17.2 Å². The van der Waals surface area contributed by atoms with E-state index in [1.165, 1.54) is 0 Å². The molecular formula is C9H16N2S. The lowest BCUT2D eigenvalue weighted by atomic mass is 10.1. The molecule has 1 unspecified atom stereocenters. The van der Waals surface area contributed by atoms with Crippen molar-refractivity contribution in [2.45, 2.75) is 26.3 Å². The largest absolute Gasteiger partial charge is 0.356 e. The topological polar surface area (TPSA) is 24.1 Å². The monoisotopic (exact) mass is 184 g/mol. The van der Waals surface area contributed by atoms with E-state index in [4.69, 9.17) is 12.2 Å². The first-order valence-corrected chi connectivity index (χ1v) is 4.78. The molecule has 0 fully saturated rings. The molecule has 1 atom stereocenters. The van der Waals surface area contributed by atoms with E-state index in [0.717, 1.165) is 18.0 Å². The summed E-state index contributed by atoms with van der Waals surface area (Å²) in [6.45, 7) is 5.46. The van der Waals surface area contributed by atoms with Gasteiger partial charge in [0.1, 0.15) is 0 Å². The minimum Gasteiger partial charge on any atom is -0.356 e. The van der Waals surface area contributed by atoms with Gasteiger partial charge in [-0.05, 0) is 18.7 Å². The fourth-order valence-corrected chi connectivity index (χ4v) is 1.36. The highest BCUT2D eigenvalue weighted by atomic mass is 32.1. The summed E-state index contributed by atoms with van der Waals surface area (Å²) in [7, 11) is 0. The minimum atomic E-state index is 0.432. The molecule has 3 heteroatoms. The van der Waals surface area contributed by atoms with Gasteiger partial charge in [-0.1, -0.05) is 32.1 Å². The number of hydrogen-bond acceptors (Lipinski definition) is 2. The zero-order valence-corrected chi connectivity index (χ0v) is 8.45. The van der Waals surface area contributed by atoms with Gasteiger partial charge in [0, 0.05) is 12.5 Å². The molecule has 0 saturated heterocycles. The third-order valence-corrected chi connectivity index (χ3v) is 2.05. The number of hydrogen-bond donors (Lipinski definition) is 2. The maximum atomic E-state index is 5.06. The van der Waals surface area contributed by atoms with Gasteiger partial charge in [0.15, 0.2) is 0 Å². The Morgan fingerprint density at radius 2 is 2.50 bits per heavy atom. The summed E-state index contributed by atoms with van der Waals surface area (Å²) in [4.78, 5) is 0.929. The van der Waals surface area contributed by atoms with E-state index in [2.05, 4.69) is 30.6 Å². The van der Waals surface area contributed by atoms with Crippen molar-refractivity contribution < 1.29 is 0 Å². The van der Waals surface area contributed by atoms with Crippen molar-refractivity contribution in [3.8, 4) is 0 Å². The molecule has 1 heterocycles. The van der Waals surface area contributed by atoms with Gasteiger partial charge in [-0.3, -0.25) is 0 Å². The summed E-state index contributed by atoms with van der Waals surface area (Å²) < 4.78 is 0. The summed E-state index contributed by atoms with van der Waals surface area (Å²) in [5.41, 5.74) is 0. The van der Waals surface area contributed by atoms with E-state index in [0.29, 0.717) is 12.0 Å². The lowest BCUT2D eigenvalue weighted by Gasteiger charge is -2.20. The minimum absolute atomic E-state index is 0.432. The van der Waals surface area contributed by atoms with Gasteiger partial charge in [-0.25, -0.2) is 0 Å². The Morgan fingerprint density at radius 3 is 3.08 bits per heavy atom. The molecule has 0 aromatic carbocycles. The first kappa shape index (κ1) is 9.68. The van der Waals surface area contributed by atoms with Crippen LogP contribution in [-0.2, 0) is 0 Å². The van der Waals surface area contributed by atoms with Crippen LogP contribution in [0.5, 0.6) is 0 Å². The standard InChI is InChI=1S/C9H16N2S/c1-7(2)6-11-8-3-4-10-9(12)5-8/h3-4,7-8,11H,5-6H2,1-2H3,(H,10,12). The smallest absolute Gasteiger partial charge is 0.0811 e. The molecule has 1 aliphatic rings. The van der Waals surface area contributed by atoms with Crippen LogP contribution >= 0.6 is 12.2 Å². The van der Waals surface area contributed by atoms with Gasteiger partial charge in [-0.2, -0.15) is 0 Å². The fraction of sp³-hybridized carbons (Fsp3) is 0.667. The molecule has 0 bridgehead atoms. The van der Waals surface area contributed by atoms with E-state index >= 15 is 0 Å². The normalized spacial score (nSPS) is 22.9. The van der Waals surface area contributed by atoms with Crippen LogP contribution in [0.4, 0.5) is 0 Å². The lowest BCUT2D eigenvalue weighted by Crippen LogP contribution is -2.37. The van der Waals surface area contributed by atoms with Crippen molar-refractivity contribution in [2.24, 2.45) is 5.92 Å². The zero-order chi connectivity index (χ0) is 8.97. The highest BCUT2D eigenvalue weighted by molar-refractivity contribution is 7.80. The Bertz CT molecular complexity index is 187. The van der Waals surface area contributed by atoms with Gasteiger partial charge in [-0.15, -0.1) is 0 Å². The molecule has 1 rings (SSSR count). The molecular weight excluding hydrogens is 168 g/mol. The summed E-state index contributed by atoms with van der Waals surface area (Å²) in [6, 6.07) is 0.432. The number of rotatable bonds is 3. The molecule has 0 saturated carbocycles. The third-order valence-electron chi connectivity index (χ3n) is 1.77. The van der Waals surface area contributed by atoms with Crippen LogP contribution in [0.2, 0.25) is 0 Å². The van der Waals surface area contributed by atoms with E-state index in [1.807, 2.05) is 6.20 Å². The van der Waals surface area contributed by atoms with Gasteiger partial charge in [0.05, 0.1) is 4.99 Å². The molecule has 2 N–H and O–H groups in total. The van der Waals surface area contributed by atoms with Crippen molar-refractivity contribution in [1.29, 1.82) is 0 Å². The van der Waals surface area contributed by atoms with E-state index < -0.39 is 0 Å². The summed E-state index contributed by atoms with van der Waals surface area (Å²) in [5.74, 6) is 0.696. The molecule has 68 valence electrons. The zero-order valence-electron chi connectivity index (χ0n) is 7.63. The predicted molar refractivity (Wildman–Crippen MR) is 56.1 cm³/mol. The third kappa shape index (κ3) is 3.32. The second kappa shape index (κ2) is 4.58. The highest BCUT2D eigenvalue weighted by Gasteiger charge is 2.10. The van der Waals surface area contributed by atoms with Crippen LogP contribution in [0.25, 0.3) is 0 Å². The van der Waals surface area contributed by atoms with Crippen LogP contribution in [0.15, 0.2) is 12.3 Å². The summed E-state index contributed by atoms with van der Waals surface area (Å²) >= 11 is 5.06. The average molecular weight is 184 g/mol. The number of thiocarbonyl (C=S) groups is 1. The highest BCUT2D eigenvalue weighted by Crippen LogP contribution is 2.01. The molecule has 2 nitrogen and oxygen atoms in total. The van der Waals surface area contributed by atoms with Crippen LogP contribution in [0.1, 0.15) is 20.3 Å². The second-order valence-corrected chi connectivity index (χ2v) is 4.03. The Balaban J connectivity index is 2.28. The molecule has 1 aliphatic heterocycles. The molecule has 0 aliphatic carbocycles. The molecule has 0 aromatic rings. The van der Waals surface area contributed by atoms with Crippen molar-refractivity contribution in [3.63, 3.8) is 0 Å². The van der Waals surface area contributed by atoms with Crippen molar-refractivity contribution in [3.05, 3.63) is 12.3 Å². The van der Waals surface area contributed by atoms with Crippen LogP contribution in [-0.4, -0.2) is 17.6 Å². The molecule has 0 spiro atoms. The quantitative estimate of drug-likeness (QED) is 0.649. The van der Waals surface area contributed by atoms with Crippen molar-refractivity contribution in [2.75, 3.05) is 6.54 Å². The summed E-state index contributed by atoms with van der Waals surface area (Å²) in [6.07, 6.45) is 4.97. The lowest BCUT2D eigenvalue weighted by molar-refractivity contribution is 0.512. The molecule has 0 amide bonds. The second-order valence-electron chi connectivity index (χ2n) is 3.54. The van der Waals surface area contributed by atoms with Crippen LogP contribution in [0, 0.1) is 5.92 Å². The van der Waals surface area contributed by atoms with Gasteiger partial charge in [0.25, 0.3) is 0 Å². The van der Waals surface area contributed by atoms with E-state index in [9.17, 15) is 0 Å². The first-order chi connectivity index (χ1) is 5.68. The van der Waals surface area contributed by atoms with E-state index in [-0.39, 0.29) is 0 Å². The van der Waals surface area contributed by atoms with Crippen molar-refractivity contribution in [1.82, 2.24) is 10.6 Å². The Kier molecular flexibility index (Phi) is 3.69. The van der Waals surface area contributed by atoms with Gasteiger partial charge >= 0.3 is 0 Å². The Labute approximate surface area is 79.4 Å².